The van der Waals surface area contributed by atoms with Crippen LogP contribution in [0.5, 0.6) is 0 Å². The summed E-state index contributed by atoms with van der Waals surface area (Å²) < 4.78 is 38.5. The standard InChI is InChI=1S/C20H16F3N3O2/c21-20(22,23)8-6-19(28)25-16-5-1-4-15(12-16)17-13-24-18-11-14(3-2-10-27)7-9-26(17)18/h1,4-5,7,9,11-13,27H,6,8,10H2,(H,25,28). The molecule has 0 aliphatic carbocycles. The molecule has 0 radical (unpaired) electrons. The van der Waals surface area contributed by atoms with Gasteiger partial charge in [-0.2, -0.15) is 13.2 Å². The number of carbonyl (C=O) groups excluding carboxylic acids is 1. The van der Waals surface area contributed by atoms with Crippen LogP contribution in [0.25, 0.3) is 16.9 Å². The highest BCUT2D eigenvalue weighted by molar-refractivity contribution is 5.91. The predicted molar refractivity (Wildman–Crippen MR) is 98.5 cm³/mol. The summed E-state index contributed by atoms with van der Waals surface area (Å²) in [6.07, 6.45) is -2.71. The van der Waals surface area contributed by atoms with Crippen molar-refractivity contribution in [3.05, 3.63) is 54.4 Å². The normalized spacial score (nSPS) is 11.1. The Balaban J connectivity index is 1.81. The van der Waals surface area contributed by atoms with Crippen molar-refractivity contribution in [2.75, 3.05) is 11.9 Å². The zero-order valence-corrected chi connectivity index (χ0v) is 14.6. The van der Waals surface area contributed by atoms with Crippen LogP contribution in [0.4, 0.5) is 18.9 Å². The average Bonchev–Trinajstić information content (AvgIpc) is 3.07. The lowest BCUT2D eigenvalue weighted by Gasteiger charge is -2.09. The minimum absolute atomic E-state index is 0.230. The fourth-order valence-corrected chi connectivity index (χ4v) is 2.65. The van der Waals surface area contributed by atoms with Crippen LogP contribution < -0.4 is 5.32 Å². The lowest BCUT2D eigenvalue weighted by Crippen LogP contribution is -2.16. The van der Waals surface area contributed by atoms with Crippen LogP contribution in [0.15, 0.2) is 48.8 Å². The van der Waals surface area contributed by atoms with Crippen molar-refractivity contribution in [2.24, 2.45) is 0 Å². The Hall–Kier alpha value is -3.31. The Morgan fingerprint density at radius 2 is 2.07 bits per heavy atom. The summed E-state index contributed by atoms with van der Waals surface area (Å²) in [5, 5.41) is 11.3. The van der Waals surface area contributed by atoms with E-state index < -0.39 is 24.9 Å². The molecule has 8 heteroatoms. The third kappa shape index (κ3) is 4.90. The highest BCUT2D eigenvalue weighted by Gasteiger charge is 2.27. The van der Waals surface area contributed by atoms with E-state index in [1.807, 2.05) is 10.5 Å². The van der Waals surface area contributed by atoms with E-state index in [9.17, 15) is 18.0 Å². The Labute approximate surface area is 158 Å². The van der Waals surface area contributed by atoms with Gasteiger partial charge >= 0.3 is 6.18 Å². The second kappa shape index (κ2) is 8.15. The van der Waals surface area contributed by atoms with Gasteiger partial charge in [-0.25, -0.2) is 4.98 Å². The predicted octanol–water partition coefficient (Wildman–Crippen LogP) is 3.63. The summed E-state index contributed by atoms with van der Waals surface area (Å²) in [7, 11) is 0. The summed E-state index contributed by atoms with van der Waals surface area (Å²) in [5.41, 5.74) is 3.27. The van der Waals surface area contributed by atoms with Crippen LogP contribution in [0.2, 0.25) is 0 Å². The maximum atomic E-state index is 12.2. The van der Waals surface area contributed by atoms with Crippen LogP contribution in [0.3, 0.4) is 0 Å². The number of anilines is 1. The molecule has 0 aliphatic heterocycles. The number of carbonyl (C=O) groups is 1. The zero-order valence-electron chi connectivity index (χ0n) is 14.6. The van der Waals surface area contributed by atoms with Gasteiger partial charge in [0, 0.05) is 29.4 Å². The first-order valence-electron chi connectivity index (χ1n) is 8.39. The summed E-state index contributed by atoms with van der Waals surface area (Å²) in [6.45, 7) is -0.230. The van der Waals surface area contributed by atoms with E-state index in [1.54, 1.807) is 42.7 Å². The number of imidazole rings is 1. The summed E-state index contributed by atoms with van der Waals surface area (Å²) >= 11 is 0. The molecule has 0 fully saturated rings. The zero-order chi connectivity index (χ0) is 20.1. The molecular formula is C20H16F3N3O2. The van der Waals surface area contributed by atoms with Crippen molar-refractivity contribution in [1.29, 1.82) is 0 Å². The SMILES string of the molecule is O=C(CCC(F)(F)F)Nc1cccc(-c2cnc3cc(C#CCO)ccn23)c1. The van der Waals surface area contributed by atoms with Gasteiger partial charge in [0.05, 0.1) is 18.3 Å². The molecule has 2 N–H and O–H groups in total. The van der Waals surface area contributed by atoms with Crippen LogP contribution in [-0.2, 0) is 4.79 Å². The number of aliphatic hydroxyl groups is 1. The molecule has 1 aromatic carbocycles. The van der Waals surface area contributed by atoms with E-state index in [-0.39, 0.29) is 6.61 Å². The minimum Gasteiger partial charge on any atom is -0.384 e. The molecule has 0 bridgehead atoms. The molecule has 3 aromatic rings. The van der Waals surface area contributed by atoms with Gasteiger partial charge in [0.2, 0.25) is 5.91 Å². The number of aliphatic hydroxyl groups excluding tert-OH is 1. The summed E-state index contributed by atoms with van der Waals surface area (Å²) in [4.78, 5) is 16.1. The van der Waals surface area contributed by atoms with Crippen molar-refractivity contribution >= 4 is 17.2 Å². The number of benzene rings is 1. The molecule has 0 atom stereocenters. The number of amides is 1. The van der Waals surface area contributed by atoms with Gasteiger partial charge in [0.15, 0.2) is 0 Å². The second-order valence-electron chi connectivity index (χ2n) is 5.99. The Kier molecular flexibility index (Phi) is 5.66. The number of fused-ring (bicyclic) bond motifs is 1. The topological polar surface area (TPSA) is 66.6 Å². The number of pyridine rings is 1. The Morgan fingerprint density at radius 3 is 2.82 bits per heavy atom. The molecule has 0 saturated carbocycles. The maximum Gasteiger partial charge on any atom is 0.389 e. The molecular weight excluding hydrogens is 371 g/mol. The van der Waals surface area contributed by atoms with Gasteiger partial charge in [-0.15, -0.1) is 0 Å². The van der Waals surface area contributed by atoms with Crippen molar-refractivity contribution in [1.82, 2.24) is 9.38 Å². The highest BCUT2D eigenvalue weighted by atomic mass is 19.4. The largest absolute Gasteiger partial charge is 0.389 e. The number of nitrogens with zero attached hydrogens (tertiary/aromatic N) is 2. The number of aromatic nitrogens is 2. The molecule has 144 valence electrons. The van der Waals surface area contributed by atoms with Crippen LogP contribution in [-0.4, -0.2) is 33.2 Å². The first-order valence-corrected chi connectivity index (χ1v) is 8.39. The summed E-state index contributed by atoms with van der Waals surface area (Å²) in [5.74, 6) is 4.68. The van der Waals surface area contributed by atoms with Crippen molar-refractivity contribution in [2.45, 2.75) is 19.0 Å². The Morgan fingerprint density at radius 1 is 1.25 bits per heavy atom. The smallest absolute Gasteiger partial charge is 0.384 e. The first-order chi connectivity index (χ1) is 13.4. The molecule has 0 unspecified atom stereocenters. The summed E-state index contributed by atoms with van der Waals surface area (Å²) in [6, 6.07) is 10.4. The molecule has 2 heterocycles. The van der Waals surface area contributed by atoms with E-state index in [0.717, 1.165) is 11.3 Å². The van der Waals surface area contributed by atoms with Crippen LogP contribution in [0, 0.1) is 11.8 Å². The number of hydrogen-bond donors (Lipinski definition) is 2. The maximum absolute atomic E-state index is 12.2. The van der Waals surface area contributed by atoms with Gasteiger partial charge in [0.1, 0.15) is 12.3 Å². The lowest BCUT2D eigenvalue weighted by molar-refractivity contribution is -0.142. The number of hydrogen-bond acceptors (Lipinski definition) is 3. The van der Waals surface area contributed by atoms with Crippen molar-refractivity contribution < 1.29 is 23.1 Å². The lowest BCUT2D eigenvalue weighted by atomic mass is 10.1. The highest BCUT2D eigenvalue weighted by Crippen LogP contribution is 2.25. The van der Waals surface area contributed by atoms with Gasteiger partial charge in [-0.05, 0) is 24.3 Å². The molecule has 0 aliphatic rings. The number of nitrogens with one attached hydrogen (secondary N) is 1. The molecule has 28 heavy (non-hydrogen) atoms. The quantitative estimate of drug-likeness (QED) is 0.672. The van der Waals surface area contributed by atoms with Gasteiger partial charge < -0.3 is 10.4 Å². The third-order valence-corrected chi connectivity index (χ3v) is 3.90. The Bertz CT molecular complexity index is 1060. The minimum atomic E-state index is -4.36. The van der Waals surface area contributed by atoms with Crippen LogP contribution >= 0.6 is 0 Å². The van der Waals surface area contributed by atoms with E-state index in [0.29, 0.717) is 16.9 Å². The van der Waals surface area contributed by atoms with Crippen LogP contribution in [0.1, 0.15) is 18.4 Å². The van der Waals surface area contributed by atoms with E-state index >= 15 is 0 Å². The molecule has 0 saturated heterocycles. The number of halogens is 3. The van der Waals surface area contributed by atoms with Crippen molar-refractivity contribution in [3.8, 4) is 23.1 Å². The van der Waals surface area contributed by atoms with E-state index in [2.05, 4.69) is 22.1 Å². The number of rotatable bonds is 4. The average molecular weight is 387 g/mol. The van der Waals surface area contributed by atoms with Gasteiger partial charge in [-0.3, -0.25) is 9.20 Å². The van der Waals surface area contributed by atoms with Crippen molar-refractivity contribution in [3.63, 3.8) is 0 Å². The fraction of sp³-hybridized carbons (Fsp3) is 0.200. The van der Waals surface area contributed by atoms with E-state index in [1.165, 1.54) is 0 Å². The second-order valence-corrected chi connectivity index (χ2v) is 5.99. The monoisotopic (exact) mass is 387 g/mol. The van der Waals surface area contributed by atoms with E-state index in [4.69, 9.17) is 5.11 Å². The third-order valence-electron chi connectivity index (χ3n) is 3.90. The number of alkyl halides is 3. The molecule has 1 amide bonds. The van der Waals surface area contributed by atoms with Gasteiger partial charge in [-0.1, -0.05) is 24.0 Å². The molecule has 0 spiro atoms. The molecule has 2 aromatic heterocycles. The molecule has 3 rings (SSSR count). The molecule has 5 nitrogen and oxygen atoms in total. The van der Waals surface area contributed by atoms with Gasteiger partial charge in [0.25, 0.3) is 0 Å². The fourth-order valence-electron chi connectivity index (χ4n) is 2.65. The first kappa shape index (κ1) is 19.5.